The second-order valence-electron chi connectivity index (χ2n) is 6.77. The van der Waals surface area contributed by atoms with E-state index in [1.54, 1.807) is 18.3 Å². The molecule has 0 spiro atoms. The van der Waals surface area contributed by atoms with Gasteiger partial charge < -0.3 is 9.47 Å². The van der Waals surface area contributed by atoms with Crippen LogP contribution in [0.2, 0.25) is 0 Å². The van der Waals surface area contributed by atoms with E-state index in [1.807, 2.05) is 43.3 Å². The Morgan fingerprint density at radius 3 is 2.47 bits per heavy atom. The molecule has 0 saturated carbocycles. The van der Waals surface area contributed by atoms with Crippen LogP contribution in [-0.2, 0) is 17.8 Å². The molecule has 166 valence electrons. The normalized spacial score (nSPS) is 10.9. The van der Waals surface area contributed by atoms with Gasteiger partial charge in [0.2, 0.25) is 5.91 Å². The highest BCUT2D eigenvalue weighted by atomic mass is 127. The van der Waals surface area contributed by atoms with Crippen molar-refractivity contribution in [2.75, 3.05) is 6.61 Å². The van der Waals surface area contributed by atoms with Crippen molar-refractivity contribution in [3.63, 3.8) is 0 Å². The third kappa shape index (κ3) is 7.30. The Kier molecular flexibility index (Phi) is 9.04. The number of halogens is 3. The molecule has 0 heterocycles. The number of amides is 1. The number of benzene rings is 3. The SMILES string of the molecule is CCOc1cc(/C=N/NC(=O)Cc2ccc(F)cc2)cc(I)c1OCc1ccc(Br)cc1. The van der Waals surface area contributed by atoms with Gasteiger partial charge in [0.1, 0.15) is 12.4 Å². The van der Waals surface area contributed by atoms with E-state index in [9.17, 15) is 9.18 Å². The average Bonchev–Trinajstić information content (AvgIpc) is 2.76. The van der Waals surface area contributed by atoms with Crippen LogP contribution in [-0.4, -0.2) is 18.7 Å². The number of nitrogens with zero attached hydrogens (tertiary/aromatic N) is 1. The lowest BCUT2D eigenvalue weighted by molar-refractivity contribution is -0.120. The van der Waals surface area contributed by atoms with Crippen molar-refractivity contribution in [1.29, 1.82) is 0 Å². The molecular formula is C24H21BrFIN2O3. The first-order valence-electron chi connectivity index (χ1n) is 9.84. The molecule has 5 nitrogen and oxygen atoms in total. The van der Waals surface area contributed by atoms with E-state index in [0.717, 1.165) is 19.2 Å². The van der Waals surface area contributed by atoms with Crippen molar-refractivity contribution >= 4 is 50.6 Å². The summed E-state index contributed by atoms with van der Waals surface area (Å²) in [6.45, 7) is 2.80. The number of carbonyl (C=O) groups is 1. The molecule has 0 atom stereocenters. The maximum Gasteiger partial charge on any atom is 0.244 e. The fourth-order valence-electron chi connectivity index (χ4n) is 2.81. The third-order valence-electron chi connectivity index (χ3n) is 4.31. The molecule has 0 aromatic heterocycles. The maximum absolute atomic E-state index is 13.0. The predicted octanol–water partition coefficient (Wildman–Crippen LogP) is 5.86. The van der Waals surface area contributed by atoms with E-state index < -0.39 is 0 Å². The van der Waals surface area contributed by atoms with Crippen LogP contribution in [0.15, 0.2) is 70.2 Å². The molecule has 1 amide bonds. The van der Waals surface area contributed by atoms with E-state index in [4.69, 9.17) is 9.47 Å². The second kappa shape index (κ2) is 12.0. The molecule has 0 unspecified atom stereocenters. The van der Waals surface area contributed by atoms with Gasteiger partial charge in [-0.25, -0.2) is 9.82 Å². The summed E-state index contributed by atoms with van der Waals surface area (Å²) in [5, 5.41) is 4.03. The minimum absolute atomic E-state index is 0.113. The molecule has 0 saturated heterocycles. The highest BCUT2D eigenvalue weighted by Crippen LogP contribution is 2.34. The fraction of sp³-hybridized carbons (Fsp3) is 0.167. The zero-order chi connectivity index (χ0) is 22.9. The summed E-state index contributed by atoms with van der Waals surface area (Å²) in [6.07, 6.45) is 1.66. The van der Waals surface area contributed by atoms with Gasteiger partial charge in [-0.2, -0.15) is 5.10 Å². The molecule has 0 aliphatic rings. The summed E-state index contributed by atoms with van der Waals surface area (Å²) < 4.78 is 26.6. The zero-order valence-corrected chi connectivity index (χ0v) is 21.0. The van der Waals surface area contributed by atoms with E-state index in [0.29, 0.717) is 30.3 Å². The molecule has 0 bridgehead atoms. The lowest BCUT2D eigenvalue weighted by atomic mass is 10.1. The van der Waals surface area contributed by atoms with E-state index in [2.05, 4.69) is 49.0 Å². The molecular weight excluding hydrogens is 590 g/mol. The topological polar surface area (TPSA) is 59.9 Å². The lowest BCUT2D eigenvalue weighted by Gasteiger charge is -2.15. The first-order valence-corrected chi connectivity index (χ1v) is 11.7. The van der Waals surface area contributed by atoms with Gasteiger partial charge in [-0.3, -0.25) is 4.79 Å². The van der Waals surface area contributed by atoms with Gasteiger partial charge >= 0.3 is 0 Å². The number of nitrogens with one attached hydrogen (secondary N) is 1. The fourth-order valence-corrected chi connectivity index (χ4v) is 3.85. The third-order valence-corrected chi connectivity index (χ3v) is 5.64. The van der Waals surface area contributed by atoms with Gasteiger partial charge in [0.05, 0.1) is 22.8 Å². The molecule has 0 radical (unpaired) electrons. The Bertz CT molecular complexity index is 1090. The minimum Gasteiger partial charge on any atom is -0.490 e. The number of carbonyl (C=O) groups excluding carboxylic acids is 1. The highest BCUT2D eigenvalue weighted by Gasteiger charge is 2.12. The van der Waals surface area contributed by atoms with Crippen LogP contribution in [0.3, 0.4) is 0 Å². The Morgan fingerprint density at radius 1 is 1.09 bits per heavy atom. The smallest absolute Gasteiger partial charge is 0.244 e. The summed E-state index contributed by atoms with van der Waals surface area (Å²) in [5.74, 6) is 0.640. The van der Waals surface area contributed by atoms with Crippen molar-refractivity contribution in [2.45, 2.75) is 20.0 Å². The molecule has 3 rings (SSSR count). The summed E-state index contributed by atoms with van der Waals surface area (Å²) >= 11 is 5.62. The number of hydrogen-bond donors (Lipinski definition) is 1. The maximum atomic E-state index is 13.0. The summed E-state index contributed by atoms with van der Waals surface area (Å²) in [5.41, 5.74) is 5.00. The van der Waals surface area contributed by atoms with Gasteiger partial charge in [-0.15, -0.1) is 0 Å². The lowest BCUT2D eigenvalue weighted by Crippen LogP contribution is -2.19. The van der Waals surface area contributed by atoms with Gasteiger partial charge in [0.15, 0.2) is 11.5 Å². The largest absolute Gasteiger partial charge is 0.490 e. The molecule has 0 aliphatic carbocycles. The van der Waals surface area contributed by atoms with Crippen molar-refractivity contribution in [1.82, 2.24) is 5.43 Å². The van der Waals surface area contributed by atoms with Crippen LogP contribution < -0.4 is 14.9 Å². The predicted molar refractivity (Wildman–Crippen MR) is 135 cm³/mol. The zero-order valence-electron chi connectivity index (χ0n) is 17.3. The van der Waals surface area contributed by atoms with Crippen LogP contribution >= 0.6 is 38.5 Å². The first kappa shape index (κ1) is 24.2. The van der Waals surface area contributed by atoms with Crippen LogP contribution in [0.4, 0.5) is 4.39 Å². The van der Waals surface area contributed by atoms with Crippen LogP contribution in [0.25, 0.3) is 0 Å². The number of rotatable bonds is 9. The quantitative estimate of drug-likeness (QED) is 0.187. The average molecular weight is 611 g/mol. The molecule has 0 fully saturated rings. The molecule has 32 heavy (non-hydrogen) atoms. The molecule has 3 aromatic rings. The van der Waals surface area contributed by atoms with Gasteiger partial charge in [0.25, 0.3) is 0 Å². The van der Waals surface area contributed by atoms with E-state index in [1.165, 1.54) is 12.1 Å². The summed E-state index contributed by atoms with van der Waals surface area (Å²) in [6, 6.07) is 17.4. The Balaban J connectivity index is 1.65. The van der Waals surface area contributed by atoms with Crippen LogP contribution in [0, 0.1) is 9.39 Å². The summed E-state index contributed by atoms with van der Waals surface area (Å²) in [4.78, 5) is 12.1. The molecule has 0 aliphatic heterocycles. The number of hydrazone groups is 1. The van der Waals surface area contributed by atoms with E-state index >= 15 is 0 Å². The standard InChI is InChI=1S/C24H21BrFIN2O3/c1-2-31-22-12-18(14-28-29-23(30)13-16-5-9-20(26)10-6-16)11-21(27)24(22)32-15-17-3-7-19(25)8-4-17/h3-12,14H,2,13,15H2,1H3,(H,29,30)/b28-14+. The van der Waals surface area contributed by atoms with Gasteiger partial charge in [0, 0.05) is 4.47 Å². The monoisotopic (exact) mass is 610 g/mol. The van der Waals surface area contributed by atoms with Crippen molar-refractivity contribution in [3.8, 4) is 11.5 Å². The number of ether oxygens (including phenoxy) is 2. The van der Waals surface area contributed by atoms with Gasteiger partial charge in [-0.1, -0.05) is 40.2 Å². The Hall–Kier alpha value is -2.46. The summed E-state index contributed by atoms with van der Waals surface area (Å²) in [7, 11) is 0. The minimum atomic E-state index is -0.337. The Morgan fingerprint density at radius 2 is 1.78 bits per heavy atom. The van der Waals surface area contributed by atoms with Crippen molar-refractivity contribution in [3.05, 3.63) is 91.2 Å². The van der Waals surface area contributed by atoms with Crippen LogP contribution in [0.5, 0.6) is 11.5 Å². The Labute approximate surface area is 208 Å². The first-order chi connectivity index (χ1) is 15.4. The van der Waals surface area contributed by atoms with Crippen molar-refractivity contribution in [2.24, 2.45) is 5.10 Å². The van der Waals surface area contributed by atoms with E-state index in [-0.39, 0.29) is 18.1 Å². The number of hydrogen-bond acceptors (Lipinski definition) is 4. The second-order valence-corrected chi connectivity index (χ2v) is 8.85. The van der Waals surface area contributed by atoms with Gasteiger partial charge in [-0.05, 0) is 82.6 Å². The molecule has 3 aromatic carbocycles. The highest BCUT2D eigenvalue weighted by molar-refractivity contribution is 14.1. The van der Waals surface area contributed by atoms with Crippen molar-refractivity contribution < 1.29 is 18.7 Å². The van der Waals surface area contributed by atoms with Crippen LogP contribution in [0.1, 0.15) is 23.6 Å². The molecule has 8 heteroatoms. The molecule has 1 N–H and O–H groups in total.